The van der Waals surface area contributed by atoms with E-state index in [1.165, 1.54) is 0 Å². The molecule has 1 N–H and O–H groups in total. The number of nitrogens with one attached hydrogen (secondary N) is 1. The number of benzene rings is 1. The molecule has 21 heavy (non-hydrogen) atoms. The lowest BCUT2D eigenvalue weighted by Gasteiger charge is -2.22. The summed E-state index contributed by atoms with van der Waals surface area (Å²) in [6, 6.07) is 5.99. The second-order valence-electron chi connectivity index (χ2n) is 6.03. The molecule has 1 aromatic rings. The Labute approximate surface area is 136 Å². The average molecular weight is 356 g/mol. The zero-order chi connectivity index (χ0) is 15.9. The standard InChI is InChI=1S/C17H26BrNO2/c1-6-9-20-15-8-7-14(11-19-17(3,4)5)16(10-15)21-12-13(2)18/h7-8,10,19H,2,6,9,11-12H2,1,3-5H3. The summed E-state index contributed by atoms with van der Waals surface area (Å²) in [5, 5.41) is 3.47. The molecule has 118 valence electrons. The van der Waals surface area contributed by atoms with Crippen LogP contribution >= 0.6 is 15.9 Å². The van der Waals surface area contributed by atoms with Crippen LogP contribution in [0.25, 0.3) is 0 Å². The first-order valence-electron chi connectivity index (χ1n) is 7.28. The highest BCUT2D eigenvalue weighted by molar-refractivity contribution is 9.11. The van der Waals surface area contributed by atoms with Crippen LogP contribution in [0, 0.1) is 0 Å². The van der Waals surface area contributed by atoms with Gasteiger partial charge in [0.25, 0.3) is 0 Å². The van der Waals surface area contributed by atoms with Gasteiger partial charge in [0.15, 0.2) is 0 Å². The Morgan fingerprint density at radius 3 is 2.57 bits per heavy atom. The molecule has 0 aliphatic carbocycles. The van der Waals surface area contributed by atoms with E-state index < -0.39 is 0 Å². The number of ether oxygens (including phenoxy) is 2. The third-order valence-electron chi connectivity index (χ3n) is 2.70. The first-order valence-corrected chi connectivity index (χ1v) is 8.08. The van der Waals surface area contributed by atoms with Crippen molar-refractivity contribution in [3.05, 3.63) is 34.8 Å². The molecule has 0 aliphatic rings. The highest BCUT2D eigenvalue weighted by Gasteiger charge is 2.12. The molecule has 1 aromatic carbocycles. The number of rotatable bonds is 8. The predicted octanol–water partition coefficient (Wildman–Crippen LogP) is 4.65. The Bertz CT molecular complexity index is 466. The average Bonchev–Trinajstić information content (AvgIpc) is 2.40. The molecular weight excluding hydrogens is 330 g/mol. The number of halogens is 1. The summed E-state index contributed by atoms with van der Waals surface area (Å²) < 4.78 is 12.3. The summed E-state index contributed by atoms with van der Waals surface area (Å²) in [6.45, 7) is 14.2. The van der Waals surface area contributed by atoms with Gasteiger partial charge in [-0.05, 0) is 33.3 Å². The Morgan fingerprint density at radius 1 is 1.29 bits per heavy atom. The quantitative estimate of drug-likeness (QED) is 0.735. The fourth-order valence-electron chi connectivity index (χ4n) is 1.64. The van der Waals surface area contributed by atoms with Gasteiger partial charge in [-0.25, -0.2) is 0 Å². The largest absolute Gasteiger partial charge is 0.493 e. The van der Waals surface area contributed by atoms with Crippen molar-refractivity contribution in [2.24, 2.45) is 0 Å². The molecule has 0 fully saturated rings. The normalized spacial score (nSPS) is 11.3. The Hall–Kier alpha value is -1.00. The molecule has 0 heterocycles. The molecule has 0 saturated carbocycles. The second kappa shape index (κ2) is 8.44. The van der Waals surface area contributed by atoms with E-state index in [-0.39, 0.29) is 5.54 Å². The highest BCUT2D eigenvalue weighted by Crippen LogP contribution is 2.26. The molecular formula is C17H26BrNO2. The van der Waals surface area contributed by atoms with E-state index in [9.17, 15) is 0 Å². The van der Waals surface area contributed by atoms with Crippen LogP contribution in [0.4, 0.5) is 0 Å². The zero-order valence-corrected chi connectivity index (χ0v) is 15.0. The summed E-state index contributed by atoms with van der Waals surface area (Å²) in [4.78, 5) is 0. The van der Waals surface area contributed by atoms with E-state index >= 15 is 0 Å². The maximum absolute atomic E-state index is 5.82. The van der Waals surface area contributed by atoms with Gasteiger partial charge >= 0.3 is 0 Å². The van der Waals surface area contributed by atoms with E-state index in [0.717, 1.165) is 34.5 Å². The molecule has 0 saturated heterocycles. The minimum absolute atomic E-state index is 0.0632. The number of hydrogen-bond acceptors (Lipinski definition) is 3. The fraction of sp³-hybridized carbons (Fsp3) is 0.529. The smallest absolute Gasteiger partial charge is 0.128 e. The van der Waals surface area contributed by atoms with Gasteiger partial charge < -0.3 is 14.8 Å². The van der Waals surface area contributed by atoms with Crippen LogP contribution in [0.2, 0.25) is 0 Å². The molecule has 4 heteroatoms. The van der Waals surface area contributed by atoms with E-state index in [1.54, 1.807) is 0 Å². The zero-order valence-electron chi connectivity index (χ0n) is 13.5. The molecule has 0 aromatic heterocycles. The lowest BCUT2D eigenvalue weighted by atomic mass is 10.1. The molecule has 0 unspecified atom stereocenters. The minimum Gasteiger partial charge on any atom is -0.493 e. The lowest BCUT2D eigenvalue weighted by molar-refractivity contribution is 0.310. The molecule has 0 spiro atoms. The van der Waals surface area contributed by atoms with E-state index in [0.29, 0.717) is 13.2 Å². The van der Waals surface area contributed by atoms with E-state index in [2.05, 4.69) is 61.6 Å². The van der Waals surface area contributed by atoms with Crippen LogP contribution in [-0.2, 0) is 6.54 Å². The van der Waals surface area contributed by atoms with Crippen molar-refractivity contribution in [3.63, 3.8) is 0 Å². The van der Waals surface area contributed by atoms with Gasteiger partial charge in [-0.1, -0.05) is 35.5 Å². The van der Waals surface area contributed by atoms with Gasteiger partial charge in [-0.3, -0.25) is 0 Å². The van der Waals surface area contributed by atoms with Gasteiger partial charge in [0.2, 0.25) is 0 Å². The molecule has 3 nitrogen and oxygen atoms in total. The molecule has 0 radical (unpaired) electrons. The first kappa shape index (κ1) is 18.1. The van der Waals surface area contributed by atoms with Crippen molar-refractivity contribution in [2.75, 3.05) is 13.2 Å². The lowest BCUT2D eigenvalue weighted by Crippen LogP contribution is -2.35. The van der Waals surface area contributed by atoms with E-state index in [1.807, 2.05) is 12.1 Å². The summed E-state index contributed by atoms with van der Waals surface area (Å²) >= 11 is 3.32. The van der Waals surface area contributed by atoms with Crippen molar-refractivity contribution in [2.45, 2.75) is 46.2 Å². The second-order valence-corrected chi connectivity index (χ2v) is 7.15. The SMILES string of the molecule is C=C(Br)COc1cc(OCCC)ccc1CNC(C)(C)C. The molecule has 0 bridgehead atoms. The number of hydrogen-bond donors (Lipinski definition) is 1. The van der Waals surface area contributed by atoms with Crippen LogP contribution in [0.3, 0.4) is 0 Å². The van der Waals surface area contributed by atoms with Crippen LogP contribution in [0.1, 0.15) is 39.7 Å². The summed E-state index contributed by atoms with van der Waals surface area (Å²) in [5.41, 5.74) is 1.18. The van der Waals surface area contributed by atoms with Crippen LogP contribution < -0.4 is 14.8 Å². The van der Waals surface area contributed by atoms with Gasteiger partial charge in [-0.2, -0.15) is 0 Å². The van der Waals surface area contributed by atoms with Crippen LogP contribution in [-0.4, -0.2) is 18.8 Å². The van der Waals surface area contributed by atoms with Crippen LogP contribution in [0.5, 0.6) is 11.5 Å². The topological polar surface area (TPSA) is 30.5 Å². The summed E-state index contributed by atoms with van der Waals surface area (Å²) in [6.07, 6.45) is 0.988. The van der Waals surface area contributed by atoms with Crippen molar-refractivity contribution in [3.8, 4) is 11.5 Å². The summed E-state index contributed by atoms with van der Waals surface area (Å²) in [7, 11) is 0. The Morgan fingerprint density at radius 2 is 2.00 bits per heavy atom. The van der Waals surface area contributed by atoms with Crippen molar-refractivity contribution >= 4 is 15.9 Å². The van der Waals surface area contributed by atoms with Gasteiger partial charge in [-0.15, -0.1) is 0 Å². The maximum Gasteiger partial charge on any atom is 0.128 e. The monoisotopic (exact) mass is 355 g/mol. The fourth-order valence-corrected chi connectivity index (χ4v) is 1.76. The Kier molecular flexibility index (Phi) is 7.26. The third kappa shape index (κ3) is 7.53. The Balaban J connectivity index is 2.85. The van der Waals surface area contributed by atoms with Crippen molar-refractivity contribution in [1.82, 2.24) is 5.32 Å². The third-order valence-corrected chi connectivity index (χ3v) is 2.93. The van der Waals surface area contributed by atoms with Crippen molar-refractivity contribution < 1.29 is 9.47 Å². The van der Waals surface area contributed by atoms with E-state index in [4.69, 9.17) is 9.47 Å². The molecule has 1 rings (SSSR count). The first-order chi connectivity index (χ1) is 9.81. The maximum atomic E-state index is 5.82. The molecule has 0 atom stereocenters. The summed E-state index contributed by atoms with van der Waals surface area (Å²) in [5.74, 6) is 1.67. The molecule has 0 aliphatic heterocycles. The highest BCUT2D eigenvalue weighted by atomic mass is 79.9. The minimum atomic E-state index is 0.0632. The van der Waals surface area contributed by atoms with Crippen LogP contribution in [0.15, 0.2) is 29.3 Å². The molecule has 0 amide bonds. The van der Waals surface area contributed by atoms with Crippen molar-refractivity contribution in [1.29, 1.82) is 0 Å². The van der Waals surface area contributed by atoms with Gasteiger partial charge in [0.1, 0.15) is 18.1 Å². The van der Waals surface area contributed by atoms with Gasteiger partial charge in [0, 0.05) is 28.2 Å². The predicted molar refractivity (Wildman–Crippen MR) is 92.4 cm³/mol. The van der Waals surface area contributed by atoms with Gasteiger partial charge in [0.05, 0.1) is 6.61 Å².